The summed E-state index contributed by atoms with van der Waals surface area (Å²) in [5.74, 6) is -0.842. The Hall–Kier alpha value is -3.97. The lowest BCUT2D eigenvalue weighted by Crippen LogP contribution is -2.51. The molecule has 0 saturated carbocycles. The molecule has 2 amide bonds. The first-order chi connectivity index (χ1) is 18.0. The average molecular weight is 498 g/mol. The number of benzene rings is 3. The Morgan fingerprint density at radius 3 is 2.14 bits per heavy atom. The van der Waals surface area contributed by atoms with Crippen molar-refractivity contribution in [1.82, 2.24) is 4.90 Å². The maximum absolute atomic E-state index is 13.5. The Kier molecular flexibility index (Phi) is 7.32. The highest BCUT2D eigenvalue weighted by atomic mass is 16.4. The van der Waals surface area contributed by atoms with Crippen molar-refractivity contribution in [2.24, 2.45) is 5.92 Å². The van der Waals surface area contributed by atoms with Gasteiger partial charge in [0.25, 0.3) is 0 Å². The van der Waals surface area contributed by atoms with E-state index in [1.54, 1.807) is 11.0 Å². The molecule has 2 aliphatic rings. The Balaban J connectivity index is 1.30. The van der Waals surface area contributed by atoms with Gasteiger partial charge in [0, 0.05) is 0 Å². The first-order valence-electron chi connectivity index (χ1n) is 12.8. The number of hydrogen-bond donors (Lipinski definition) is 1. The number of anilines is 2. The van der Waals surface area contributed by atoms with Crippen LogP contribution >= 0.6 is 0 Å². The second kappa shape index (κ2) is 11.0. The third-order valence-corrected chi connectivity index (χ3v) is 7.32. The first kappa shape index (κ1) is 24.7. The van der Waals surface area contributed by atoms with Crippen LogP contribution in [0.1, 0.15) is 34.3 Å². The maximum Gasteiger partial charge on any atom is 0.335 e. The SMILES string of the molecule is O=C(O)c1ccc2c(c1)N(C(=O)CN1CCC(Cc3ccccc3)CC1)CC(=O)N2Cc1ccccc1. The van der Waals surface area contributed by atoms with Gasteiger partial charge in [0.15, 0.2) is 0 Å². The second-order valence-corrected chi connectivity index (χ2v) is 9.86. The van der Waals surface area contributed by atoms with Crippen molar-refractivity contribution < 1.29 is 19.5 Å². The Morgan fingerprint density at radius 2 is 1.49 bits per heavy atom. The standard InChI is InChI=1S/C30H31N3O4/c34-28(20-31-15-13-23(14-16-31)17-22-7-3-1-4-8-22)33-21-29(35)32(19-24-9-5-2-6-10-24)26-12-11-25(30(36)37)18-27(26)33/h1-12,18,23H,13-17,19-21H2,(H,36,37). The van der Waals surface area contributed by atoms with Gasteiger partial charge in [-0.15, -0.1) is 0 Å². The van der Waals surface area contributed by atoms with E-state index >= 15 is 0 Å². The van der Waals surface area contributed by atoms with E-state index in [-0.39, 0.29) is 30.5 Å². The zero-order valence-electron chi connectivity index (χ0n) is 20.8. The normalized spacial score (nSPS) is 16.5. The van der Waals surface area contributed by atoms with Crippen molar-refractivity contribution >= 4 is 29.2 Å². The molecule has 2 aliphatic heterocycles. The summed E-state index contributed by atoms with van der Waals surface area (Å²) in [4.78, 5) is 43.6. The van der Waals surface area contributed by atoms with E-state index in [4.69, 9.17) is 0 Å². The molecule has 0 bridgehead atoms. The highest BCUT2D eigenvalue weighted by molar-refractivity contribution is 6.12. The number of carboxylic acids is 1. The van der Waals surface area contributed by atoms with Gasteiger partial charge in [-0.05, 0) is 67.6 Å². The molecule has 0 aromatic heterocycles. The van der Waals surface area contributed by atoms with Crippen molar-refractivity contribution in [3.8, 4) is 0 Å². The molecule has 5 rings (SSSR count). The number of carbonyl (C=O) groups is 3. The summed E-state index contributed by atoms with van der Waals surface area (Å²) in [6.45, 7) is 2.11. The smallest absolute Gasteiger partial charge is 0.335 e. The minimum Gasteiger partial charge on any atom is -0.478 e. The van der Waals surface area contributed by atoms with E-state index in [0.717, 1.165) is 37.9 Å². The van der Waals surface area contributed by atoms with E-state index in [1.165, 1.54) is 22.6 Å². The zero-order valence-corrected chi connectivity index (χ0v) is 20.8. The van der Waals surface area contributed by atoms with Gasteiger partial charge in [0.2, 0.25) is 11.8 Å². The van der Waals surface area contributed by atoms with Crippen molar-refractivity contribution in [2.75, 3.05) is 36.0 Å². The summed E-state index contributed by atoms with van der Waals surface area (Å²) < 4.78 is 0. The first-order valence-corrected chi connectivity index (χ1v) is 12.8. The van der Waals surface area contributed by atoms with E-state index in [1.807, 2.05) is 36.4 Å². The quantitative estimate of drug-likeness (QED) is 0.529. The highest BCUT2D eigenvalue weighted by Crippen LogP contribution is 2.36. The summed E-state index contributed by atoms with van der Waals surface area (Å²) in [5.41, 5.74) is 3.42. The predicted molar refractivity (Wildman–Crippen MR) is 143 cm³/mol. The number of carbonyl (C=O) groups excluding carboxylic acids is 2. The van der Waals surface area contributed by atoms with Gasteiger partial charge < -0.3 is 10.0 Å². The van der Waals surface area contributed by atoms with Crippen LogP contribution in [0.25, 0.3) is 0 Å². The minimum atomic E-state index is -1.07. The fourth-order valence-corrected chi connectivity index (χ4v) is 5.28. The number of carboxylic acid groups (broad SMARTS) is 1. The lowest BCUT2D eigenvalue weighted by atomic mass is 9.90. The summed E-state index contributed by atoms with van der Waals surface area (Å²) in [5, 5.41) is 9.56. The van der Waals surface area contributed by atoms with E-state index < -0.39 is 5.97 Å². The van der Waals surface area contributed by atoms with Crippen molar-refractivity contribution in [1.29, 1.82) is 0 Å². The third kappa shape index (κ3) is 5.73. The van der Waals surface area contributed by atoms with Crippen LogP contribution in [0.15, 0.2) is 78.9 Å². The average Bonchev–Trinajstić information content (AvgIpc) is 2.92. The molecule has 0 radical (unpaired) electrons. The van der Waals surface area contributed by atoms with E-state index in [9.17, 15) is 19.5 Å². The van der Waals surface area contributed by atoms with Crippen molar-refractivity contribution in [2.45, 2.75) is 25.8 Å². The molecule has 1 N–H and O–H groups in total. The van der Waals surface area contributed by atoms with Gasteiger partial charge in [0.05, 0.1) is 30.0 Å². The van der Waals surface area contributed by atoms with E-state index in [2.05, 4.69) is 29.2 Å². The van der Waals surface area contributed by atoms with Crippen LogP contribution in [0, 0.1) is 5.92 Å². The molecule has 0 atom stereocenters. The van der Waals surface area contributed by atoms with Gasteiger partial charge >= 0.3 is 5.97 Å². The van der Waals surface area contributed by atoms with Gasteiger partial charge in [-0.25, -0.2) is 4.79 Å². The molecule has 1 saturated heterocycles. The molecule has 37 heavy (non-hydrogen) atoms. The van der Waals surface area contributed by atoms with Crippen molar-refractivity contribution in [3.05, 3.63) is 95.6 Å². The molecule has 3 aromatic carbocycles. The fraction of sp³-hybridized carbons (Fsp3) is 0.300. The summed E-state index contributed by atoms with van der Waals surface area (Å²) in [6, 6.07) is 24.7. The summed E-state index contributed by atoms with van der Waals surface area (Å²) >= 11 is 0. The number of hydrogen-bond acceptors (Lipinski definition) is 4. The van der Waals surface area contributed by atoms with Crippen LogP contribution < -0.4 is 9.80 Å². The molecule has 0 spiro atoms. The Bertz CT molecular complexity index is 1270. The molecule has 0 aliphatic carbocycles. The Labute approximate surface area is 216 Å². The van der Waals surface area contributed by atoms with Gasteiger partial charge in [-0.1, -0.05) is 60.7 Å². The molecule has 2 heterocycles. The molecular formula is C30H31N3O4. The lowest BCUT2D eigenvalue weighted by Gasteiger charge is -2.38. The zero-order chi connectivity index (χ0) is 25.8. The predicted octanol–water partition coefficient (Wildman–Crippen LogP) is 4.22. The number of nitrogens with zero attached hydrogens (tertiary/aromatic N) is 3. The van der Waals surface area contributed by atoms with Gasteiger partial charge in [-0.3, -0.25) is 19.4 Å². The Morgan fingerprint density at radius 1 is 0.838 bits per heavy atom. The number of aromatic carboxylic acids is 1. The van der Waals surface area contributed by atoms with Crippen LogP contribution in [0.2, 0.25) is 0 Å². The number of amides is 2. The molecule has 1 fully saturated rings. The molecule has 7 heteroatoms. The second-order valence-electron chi connectivity index (χ2n) is 9.86. The summed E-state index contributed by atoms with van der Waals surface area (Å²) in [6.07, 6.45) is 3.09. The fourth-order valence-electron chi connectivity index (χ4n) is 5.28. The molecule has 0 unspecified atom stereocenters. The van der Waals surface area contributed by atoms with Crippen LogP contribution in [-0.2, 0) is 22.6 Å². The third-order valence-electron chi connectivity index (χ3n) is 7.32. The largest absolute Gasteiger partial charge is 0.478 e. The number of piperidine rings is 1. The summed E-state index contributed by atoms with van der Waals surface area (Å²) in [7, 11) is 0. The lowest BCUT2D eigenvalue weighted by molar-refractivity contribution is -0.123. The van der Waals surface area contributed by atoms with E-state index in [0.29, 0.717) is 23.8 Å². The van der Waals surface area contributed by atoms with Crippen LogP contribution in [0.5, 0.6) is 0 Å². The van der Waals surface area contributed by atoms with Crippen LogP contribution in [-0.4, -0.2) is 54.0 Å². The van der Waals surface area contributed by atoms with Crippen LogP contribution in [0.3, 0.4) is 0 Å². The molecule has 190 valence electrons. The number of fused-ring (bicyclic) bond motifs is 1. The number of rotatable bonds is 7. The van der Waals surface area contributed by atoms with Gasteiger partial charge in [0.1, 0.15) is 6.54 Å². The number of likely N-dealkylation sites (tertiary alicyclic amines) is 1. The molecular weight excluding hydrogens is 466 g/mol. The van der Waals surface area contributed by atoms with Crippen molar-refractivity contribution in [3.63, 3.8) is 0 Å². The van der Waals surface area contributed by atoms with Gasteiger partial charge in [-0.2, -0.15) is 0 Å². The topological polar surface area (TPSA) is 81.2 Å². The monoisotopic (exact) mass is 497 g/mol. The van der Waals surface area contributed by atoms with Crippen LogP contribution in [0.4, 0.5) is 11.4 Å². The maximum atomic E-state index is 13.5. The highest BCUT2D eigenvalue weighted by Gasteiger charge is 2.34. The molecule has 3 aromatic rings. The minimum absolute atomic E-state index is 0.0901. The molecule has 7 nitrogen and oxygen atoms in total.